The van der Waals surface area contributed by atoms with Crippen LogP contribution in [-0.4, -0.2) is 53.8 Å². The smallest absolute Gasteiger partial charge is 0.354 e. The molecule has 1 rings (SSSR count). The number of nitrogens with zero attached hydrogens (tertiary/aromatic N) is 1. The summed E-state index contributed by atoms with van der Waals surface area (Å²) < 4.78 is 5.15. The Kier molecular flexibility index (Phi) is 5.37. The van der Waals surface area contributed by atoms with Crippen LogP contribution in [0.25, 0.3) is 0 Å². The number of anilines is 1. The first-order valence-corrected chi connectivity index (χ1v) is 5.98. The number of hydrogen-bond acceptors (Lipinski definition) is 3. The molecule has 2 amide bonds. The second kappa shape index (κ2) is 6.79. The number of rotatable bonds is 6. The number of nitrogens with one attached hydrogen (secondary N) is 2. The quantitative estimate of drug-likeness (QED) is 0.682. The Hall–Kier alpha value is -2.02. The van der Waals surface area contributed by atoms with Crippen molar-refractivity contribution in [1.29, 1.82) is 0 Å². The molecule has 1 heterocycles. The Bertz CT molecular complexity index is 456. The molecule has 3 N–H and O–H groups in total. The van der Waals surface area contributed by atoms with Crippen LogP contribution in [0, 0.1) is 6.92 Å². The molecule has 0 aliphatic carbocycles. The summed E-state index contributed by atoms with van der Waals surface area (Å²) in [5.74, 6) is -1.11. The van der Waals surface area contributed by atoms with Crippen molar-refractivity contribution in [1.82, 2.24) is 9.88 Å². The number of amides is 2. The van der Waals surface area contributed by atoms with E-state index < -0.39 is 5.97 Å². The van der Waals surface area contributed by atoms with Crippen molar-refractivity contribution in [2.75, 3.05) is 32.1 Å². The Labute approximate surface area is 111 Å². The van der Waals surface area contributed by atoms with Crippen molar-refractivity contribution in [2.45, 2.75) is 13.8 Å². The van der Waals surface area contributed by atoms with Gasteiger partial charge in [0.15, 0.2) is 0 Å². The van der Waals surface area contributed by atoms with Gasteiger partial charge >= 0.3 is 12.0 Å². The van der Waals surface area contributed by atoms with Crippen LogP contribution in [0.1, 0.15) is 23.1 Å². The van der Waals surface area contributed by atoms with Gasteiger partial charge in [-0.25, -0.2) is 9.59 Å². The van der Waals surface area contributed by atoms with E-state index in [0.29, 0.717) is 25.5 Å². The molecular formula is C12H19N3O4. The number of aromatic amines is 1. The zero-order chi connectivity index (χ0) is 14.4. The van der Waals surface area contributed by atoms with Gasteiger partial charge in [0.25, 0.3) is 0 Å². The first-order valence-electron chi connectivity index (χ1n) is 5.98. The summed E-state index contributed by atoms with van der Waals surface area (Å²) in [6, 6.07) is 1.21. The van der Waals surface area contributed by atoms with Crippen LogP contribution < -0.4 is 5.32 Å². The number of carboxylic acid groups (broad SMARTS) is 1. The van der Waals surface area contributed by atoms with E-state index in [4.69, 9.17) is 9.84 Å². The highest BCUT2D eigenvalue weighted by Crippen LogP contribution is 2.17. The number of aromatic carboxylic acids is 1. The van der Waals surface area contributed by atoms with Gasteiger partial charge in [-0.2, -0.15) is 0 Å². The standard InChI is InChI=1S/C12H19N3O4/c1-4-19-6-5-15(3)12(18)14-9-7-8(2)13-10(9)11(16)17/h7,13H,4-6H2,1-3H3,(H,14,18)(H,16,17). The molecule has 0 bridgehead atoms. The third-order valence-electron chi connectivity index (χ3n) is 2.53. The fraction of sp³-hybridized carbons (Fsp3) is 0.500. The predicted octanol–water partition coefficient (Wildman–Crippen LogP) is 1.52. The third kappa shape index (κ3) is 4.29. The largest absolute Gasteiger partial charge is 0.477 e. The van der Waals surface area contributed by atoms with Gasteiger partial charge in [0.2, 0.25) is 0 Å². The van der Waals surface area contributed by atoms with E-state index >= 15 is 0 Å². The van der Waals surface area contributed by atoms with E-state index in [0.717, 1.165) is 0 Å². The highest BCUT2D eigenvalue weighted by Gasteiger charge is 2.17. The average molecular weight is 269 g/mol. The Morgan fingerprint density at radius 2 is 2.21 bits per heavy atom. The topological polar surface area (TPSA) is 94.7 Å². The van der Waals surface area contributed by atoms with E-state index in [2.05, 4.69) is 10.3 Å². The molecule has 1 aromatic rings. The average Bonchev–Trinajstić information content (AvgIpc) is 2.70. The van der Waals surface area contributed by atoms with Crippen molar-refractivity contribution >= 4 is 17.7 Å². The van der Waals surface area contributed by atoms with Gasteiger partial charge in [0, 0.05) is 25.9 Å². The van der Waals surface area contributed by atoms with E-state index in [1.165, 1.54) is 4.90 Å². The maximum atomic E-state index is 11.8. The SMILES string of the molecule is CCOCCN(C)C(=O)Nc1cc(C)[nH]c1C(=O)O. The lowest BCUT2D eigenvalue weighted by atomic mass is 10.3. The molecule has 0 radical (unpaired) electrons. The van der Waals surface area contributed by atoms with Gasteiger partial charge in [0.1, 0.15) is 5.69 Å². The number of hydrogen-bond donors (Lipinski definition) is 3. The van der Waals surface area contributed by atoms with Crippen LogP contribution in [-0.2, 0) is 4.74 Å². The van der Waals surface area contributed by atoms with Crippen molar-refractivity contribution < 1.29 is 19.4 Å². The lowest BCUT2D eigenvalue weighted by Gasteiger charge is -2.17. The fourth-order valence-corrected chi connectivity index (χ4v) is 1.51. The van der Waals surface area contributed by atoms with Crippen LogP contribution >= 0.6 is 0 Å². The van der Waals surface area contributed by atoms with Crippen molar-refractivity contribution in [3.05, 3.63) is 17.5 Å². The monoisotopic (exact) mass is 269 g/mol. The summed E-state index contributed by atoms with van der Waals surface area (Å²) in [7, 11) is 1.62. The van der Waals surface area contributed by atoms with Gasteiger partial charge in [0.05, 0.1) is 12.3 Å². The predicted molar refractivity (Wildman–Crippen MR) is 70.6 cm³/mol. The molecule has 0 aromatic carbocycles. The van der Waals surface area contributed by atoms with Crippen LogP contribution in [0.4, 0.5) is 10.5 Å². The molecule has 0 fully saturated rings. The molecule has 0 aliphatic heterocycles. The zero-order valence-electron chi connectivity index (χ0n) is 11.3. The minimum absolute atomic E-state index is 0.0240. The van der Waals surface area contributed by atoms with Crippen LogP contribution in [0.2, 0.25) is 0 Å². The highest BCUT2D eigenvalue weighted by atomic mass is 16.5. The number of urea groups is 1. The lowest BCUT2D eigenvalue weighted by molar-refractivity contribution is 0.0692. The summed E-state index contributed by atoms with van der Waals surface area (Å²) in [5.41, 5.74) is 0.909. The second-order valence-electron chi connectivity index (χ2n) is 4.09. The number of ether oxygens (including phenoxy) is 1. The number of aryl methyl sites for hydroxylation is 1. The van der Waals surface area contributed by atoms with Crippen LogP contribution in [0.5, 0.6) is 0 Å². The molecule has 0 saturated carbocycles. The number of H-pyrrole nitrogens is 1. The number of aromatic nitrogens is 1. The van der Waals surface area contributed by atoms with E-state index in [1.54, 1.807) is 20.0 Å². The van der Waals surface area contributed by atoms with Crippen LogP contribution in [0.3, 0.4) is 0 Å². The molecule has 0 spiro atoms. The van der Waals surface area contributed by atoms with E-state index in [1.807, 2.05) is 6.92 Å². The normalized spacial score (nSPS) is 10.3. The summed E-state index contributed by atoms with van der Waals surface area (Å²) in [5, 5.41) is 11.5. The summed E-state index contributed by atoms with van der Waals surface area (Å²) in [6.07, 6.45) is 0. The maximum Gasteiger partial charge on any atom is 0.354 e. The number of carboxylic acids is 1. The minimum Gasteiger partial charge on any atom is -0.477 e. The number of carbonyl (C=O) groups excluding carboxylic acids is 1. The Balaban J connectivity index is 2.63. The minimum atomic E-state index is -1.11. The molecule has 7 heteroatoms. The van der Waals surface area contributed by atoms with Crippen molar-refractivity contribution in [3.63, 3.8) is 0 Å². The third-order valence-corrected chi connectivity index (χ3v) is 2.53. The molecule has 0 atom stereocenters. The molecule has 0 aliphatic rings. The first kappa shape index (κ1) is 15.0. The van der Waals surface area contributed by atoms with Gasteiger partial charge in [-0.05, 0) is 19.9 Å². The lowest BCUT2D eigenvalue weighted by Crippen LogP contribution is -2.34. The summed E-state index contributed by atoms with van der Waals surface area (Å²) in [6.45, 7) is 5.07. The molecule has 7 nitrogen and oxygen atoms in total. The Morgan fingerprint density at radius 1 is 1.53 bits per heavy atom. The Morgan fingerprint density at radius 3 is 2.79 bits per heavy atom. The molecule has 1 aromatic heterocycles. The van der Waals surface area contributed by atoms with Crippen LogP contribution in [0.15, 0.2) is 6.07 Å². The van der Waals surface area contributed by atoms with E-state index in [9.17, 15) is 9.59 Å². The second-order valence-corrected chi connectivity index (χ2v) is 4.09. The van der Waals surface area contributed by atoms with Crippen molar-refractivity contribution in [3.8, 4) is 0 Å². The molecule has 0 unspecified atom stereocenters. The maximum absolute atomic E-state index is 11.8. The van der Waals surface area contributed by atoms with E-state index in [-0.39, 0.29) is 17.4 Å². The summed E-state index contributed by atoms with van der Waals surface area (Å²) in [4.78, 5) is 26.9. The van der Waals surface area contributed by atoms with Gasteiger partial charge in [-0.15, -0.1) is 0 Å². The molecule has 106 valence electrons. The molecular weight excluding hydrogens is 250 g/mol. The first-order chi connectivity index (χ1) is 8.95. The molecule has 0 saturated heterocycles. The van der Waals surface area contributed by atoms with Crippen molar-refractivity contribution in [2.24, 2.45) is 0 Å². The zero-order valence-corrected chi connectivity index (χ0v) is 11.3. The summed E-state index contributed by atoms with van der Waals surface area (Å²) >= 11 is 0. The number of carbonyl (C=O) groups is 2. The fourth-order valence-electron chi connectivity index (χ4n) is 1.51. The van der Waals surface area contributed by atoms with Gasteiger partial charge in [-0.3, -0.25) is 0 Å². The molecule has 19 heavy (non-hydrogen) atoms. The number of likely N-dealkylation sites (N-methyl/N-ethyl adjacent to an activating group) is 1. The van der Waals surface area contributed by atoms with Gasteiger partial charge in [-0.1, -0.05) is 0 Å². The van der Waals surface area contributed by atoms with Gasteiger partial charge < -0.3 is 25.0 Å². The highest BCUT2D eigenvalue weighted by molar-refractivity contribution is 5.99.